The van der Waals surface area contributed by atoms with Gasteiger partial charge in [-0.25, -0.2) is 5.01 Å². The molecule has 0 amide bonds. The van der Waals surface area contributed by atoms with Crippen LogP contribution < -0.4 is 4.74 Å². The summed E-state index contributed by atoms with van der Waals surface area (Å²) in [6.07, 6.45) is -3.57. The number of hydrogen-bond acceptors (Lipinski definition) is 6. The van der Waals surface area contributed by atoms with E-state index >= 15 is 0 Å². The van der Waals surface area contributed by atoms with Gasteiger partial charge in [0.1, 0.15) is 11.4 Å². The van der Waals surface area contributed by atoms with Gasteiger partial charge in [0.25, 0.3) is 10.0 Å². The number of sulfonamides is 1. The fraction of sp³-hybridized carbons (Fsp3) is 0.176. The van der Waals surface area contributed by atoms with Crippen molar-refractivity contribution < 1.29 is 31.4 Å². The predicted molar refractivity (Wildman–Crippen MR) is 95.2 cm³/mol. The van der Waals surface area contributed by atoms with E-state index < -0.39 is 28.6 Å². The molecule has 0 bridgehead atoms. The zero-order valence-corrected chi connectivity index (χ0v) is 15.2. The molecule has 0 aromatic heterocycles. The van der Waals surface area contributed by atoms with Crippen molar-refractivity contribution in [3.05, 3.63) is 53.6 Å². The molecular formula is C17H14F3N3O4S. The molecule has 0 atom stereocenters. The summed E-state index contributed by atoms with van der Waals surface area (Å²) in [5.41, 5.74) is 0.365. The molecule has 1 heterocycles. The summed E-state index contributed by atoms with van der Waals surface area (Å²) in [4.78, 5) is -0.182. The predicted octanol–water partition coefficient (Wildman–Crippen LogP) is 2.75. The summed E-state index contributed by atoms with van der Waals surface area (Å²) in [5.74, 6) is -0.459. The van der Waals surface area contributed by atoms with Gasteiger partial charge in [-0.2, -0.15) is 26.7 Å². The Bertz CT molecular complexity index is 1070. The van der Waals surface area contributed by atoms with Crippen molar-refractivity contribution in [2.75, 3.05) is 13.7 Å². The third kappa shape index (κ3) is 4.09. The molecule has 1 aliphatic rings. The second kappa shape index (κ2) is 7.15. The standard InChI is InChI=1S/C17H14F3N3O4S/c1-27-14-8-11(6-7-13(14)24)9-21-23(10-17(18,19)20)16-12-4-2-3-5-15(12)28(25,26)22-16/h2-9,24H,10H2,1H3/b21-9+. The van der Waals surface area contributed by atoms with E-state index in [0.717, 1.165) is 6.21 Å². The number of alkyl halides is 3. The fourth-order valence-electron chi connectivity index (χ4n) is 2.53. The van der Waals surface area contributed by atoms with Crippen LogP contribution in [0, 0.1) is 0 Å². The molecule has 0 radical (unpaired) electrons. The van der Waals surface area contributed by atoms with Gasteiger partial charge >= 0.3 is 6.18 Å². The molecule has 7 nitrogen and oxygen atoms in total. The van der Waals surface area contributed by atoms with E-state index in [-0.39, 0.29) is 22.0 Å². The Hall–Kier alpha value is -3.08. The van der Waals surface area contributed by atoms with Crippen LogP contribution in [-0.2, 0) is 10.0 Å². The maximum Gasteiger partial charge on any atom is 0.408 e. The molecule has 148 valence electrons. The summed E-state index contributed by atoms with van der Waals surface area (Å²) in [7, 11) is -2.78. The van der Waals surface area contributed by atoms with Crippen LogP contribution in [0.4, 0.5) is 13.2 Å². The van der Waals surface area contributed by atoms with Gasteiger partial charge < -0.3 is 9.84 Å². The molecule has 0 spiro atoms. The van der Waals surface area contributed by atoms with Crippen molar-refractivity contribution in [2.24, 2.45) is 9.50 Å². The minimum atomic E-state index is -4.66. The Balaban J connectivity index is 2.02. The highest BCUT2D eigenvalue weighted by Crippen LogP contribution is 2.30. The van der Waals surface area contributed by atoms with Crippen LogP contribution in [0.1, 0.15) is 11.1 Å². The lowest BCUT2D eigenvalue weighted by Gasteiger charge is -2.20. The number of phenols is 1. The SMILES string of the molecule is COc1cc(/C=N/N(CC(F)(F)F)C2=NS(=O)(=O)c3ccccc32)ccc1O. The molecule has 1 N–H and O–H groups in total. The van der Waals surface area contributed by atoms with Crippen molar-refractivity contribution in [1.82, 2.24) is 5.01 Å². The van der Waals surface area contributed by atoms with Gasteiger partial charge in [0.05, 0.1) is 13.3 Å². The van der Waals surface area contributed by atoms with Crippen molar-refractivity contribution in [1.29, 1.82) is 0 Å². The molecule has 0 fully saturated rings. The smallest absolute Gasteiger partial charge is 0.408 e. The first-order chi connectivity index (χ1) is 13.1. The zero-order valence-electron chi connectivity index (χ0n) is 14.4. The Labute approximate surface area is 158 Å². The zero-order chi connectivity index (χ0) is 20.5. The normalized spacial score (nSPS) is 15.4. The molecule has 1 aliphatic heterocycles. The van der Waals surface area contributed by atoms with Crippen molar-refractivity contribution in [3.63, 3.8) is 0 Å². The molecular weight excluding hydrogens is 399 g/mol. The average molecular weight is 413 g/mol. The average Bonchev–Trinajstić information content (AvgIpc) is 2.90. The number of hydrazone groups is 1. The number of halogens is 3. The van der Waals surface area contributed by atoms with Gasteiger partial charge in [0, 0.05) is 5.56 Å². The third-order valence-electron chi connectivity index (χ3n) is 3.74. The molecule has 11 heteroatoms. The van der Waals surface area contributed by atoms with E-state index in [0.29, 0.717) is 10.6 Å². The molecule has 28 heavy (non-hydrogen) atoms. The van der Waals surface area contributed by atoms with Gasteiger partial charge in [-0.1, -0.05) is 12.1 Å². The lowest BCUT2D eigenvalue weighted by molar-refractivity contribution is -0.137. The third-order valence-corrected chi connectivity index (χ3v) is 5.06. The first kappa shape index (κ1) is 19.7. The molecule has 0 saturated carbocycles. The lowest BCUT2D eigenvalue weighted by Crippen LogP contribution is -2.35. The van der Waals surface area contributed by atoms with Gasteiger partial charge in [0.15, 0.2) is 17.3 Å². The fourth-order valence-corrected chi connectivity index (χ4v) is 3.73. The quantitative estimate of drug-likeness (QED) is 0.615. The Morgan fingerprint density at radius 2 is 1.96 bits per heavy atom. The van der Waals surface area contributed by atoms with Crippen LogP contribution in [0.15, 0.2) is 56.9 Å². The van der Waals surface area contributed by atoms with Crippen molar-refractivity contribution >= 4 is 22.1 Å². The molecule has 3 rings (SSSR count). The van der Waals surface area contributed by atoms with Crippen LogP contribution in [-0.4, -0.2) is 50.4 Å². The number of amidine groups is 1. The highest BCUT2D eigenvalue weighted by Gasteiger charge is 2.37. The minimum absolute atomic E-state index is 0.0344. The van der Waals surface area contributed by atoms with Gasteiger partial charge in [-0.3, -0.25) is 0 Å². The molecule has 0 unspecified atom stereocenters. The Morgan fingerprint density at radius 3 is 2.64 bits per heavy atom. The van der Waals surface area contributed by atoms with E-state index in [1.165, 1.54) is 49.6 Å². The highest BCUT2D eigenvalue weighted by atomic mass is 32.2. The summed E-state index contributed by atoms with van der Waals surface area (Å²) < 4.78 is 71.8. The monoisotopic (exact) mass is 413 g/mol. The first-order valence-electron chi connectivity index (χ1n) is 7.80. The molecule has 0 saturated heterocycles. The van der Waals surface area contributed by atoms with E-state index in [2.05, 4.69) is 9.50 Å². The van der Waals surface area contributed by atoms with E-state index in [4.69, 9.17) is 4.74 Å². The topological polar surface area (TPSA) is 91.6 Å². The molecule has 0 aliphatic carbocycles. The maximum absolute atomic E-state index is 13.1. The second-order valence-electron chi connectivity index (χ2n) is 5.73. The number of ether oxygens (including phenoxy) is 1. The van der Waals surface area contributed by atoms with Gasteiger partial charge in [-0.05, 0) is 35.9 Å². The van der Waals surface area contributed by atoms with Gasteiger partial charge in [-0.15, -0.1) is 4.40 Å². The number of phenolic OH excluding ortho intramolecular Hbond substituents is 1. The summed E-state index contributed by atoms with van der Waals surface area (Å²) in [6, 6.07) is 9.65. The number of benzene rings is 2. The van der Waals surface area contributed by atoms with E-state index in [1.54, 1.807) is 0 Å². The summed E-state index contributed by atoms with van der Waals surface area (Å²) >= 11 is 0. The number of nitrogens with zero attached hydrogens (tertiary/aromatic N) is 3. The number of fused-ring (bicyclic) bond motifs is 1. The maximum atomic E-state index is 13.1. The summed E-state index contributed by atoms with van der Waals surface area (Å²) in [6.45, 7) is -1.54. The number of hydrogen-bond donors (Lipinski definition) is 1. The minimum Gasteiger partial charge on any atom is -0.504 e. The van der Waals surface area contributed by atoms with Crippen LogP contribution in [0.5, 0.6) is 11.5 Å². The van der Waals surface area contributed by atoms with E-state index in [9.17, 15) is 26.7 Å². The molecule has 2 aromatic rings. The largest absolute Gasteiger partial charge is 0.504 e. The van der Waals surface area contributed by atoms with Crippen LogP contribution >= 0.6 is 0 Å². The Morgan fingerprint density at radius 1 is 1.25 bits per heavy atom. The van der Waals surface area contributed by atoms with Crippen molar-refractivity contribution in [2.45, 2.75) is 11.1 Å². The Kier molecular flexibility index (Phi) is 5.02. The van der Waals surface area contributed by atoms with Gasteiger partial charge in [0.2, 0.25) is 0 Å². The second-order valence-corrected chi connectivity index (χ2v) is 7.31. The van der Waals surface area contributed by atoms with Crippen LogP contribution in [0.25, 0.3) is 0 Å². The molecule has 2 aromatic carbocycles. The lowest BCUT2D eigenvalue weighted by atomic mass is 10.2. The van der Waals surface area contributed by atoms with E-state index in [1.807, 2.05) is 0 Å². The van der Waals surface area contributed by atoms with Crippen molar-refractivity contribution in [3.8, 4) is 11.5 Å². The van der Waals surface area contributed by atoms with Crippen LogP contribution in [0.2, 0.25) is 0 Å². The number of aromatic hydroxyl groups is 1. The highest BCUT2D eigenvalue weighted by molar-refractivity contribution is 7.90. The number of rotatable bonds is 4. The number of methoxy groups -OCH3 is 1. The van der Waals surface area contributed by atoms with Crippen LogP contribution in [0.3, 0.4) is 0 Å². The summed E-state index contributed by atoms with van der Waals surface area (Å²) in [5, 5.41) is 13.9. The first-order valence-corrected chi connectivity index (χ1v) is 9.24.